The Bertz CT molecular complexity index is 324. The third kappa shape index (κ3) is 4.80. The van der Waals surface area contributed by atoms with E-state index in [1.807, 2.05) is 0 Å². The summed E-state index contributed by atoms with van der Waals surface area (Å²) in [5.41, 5.74) is 1.44. The molecular weight excluding hydrogens is 339 g/mol. The number of H-pyrrole nitrogens is 1. The van der Waals surface area contributed by atoms with E-state index in [4.69, 9.17) is 5.10 Å². The molecule has 2 nitrogen and oxygen atoms in total. The fourth-order valence-corrected chi connectivity index (χ4v) is 19.6. The molecule has 0 spiro atoms. The molecule has 1 aromatic rings. The molecule has 0 atom stereocenters. The Balaban J connectivity index is 2.97. The summed E-state index contributed by atoms with van der Waals surface area (Å²) in [4.78, 5) is 0. The van der Waals surface area contributed by atoms with Crippen molar-refractivity contribution in [3.8, 4) is 0 Å². The summed E-state index contributed by atoms with van der Waals surface area (Å²) in [7, 11) is 0. The Kier molecular flexibility index (Phi) is 8.12. The quantitative estimate of drug-likeness (QED) is 0.590. The fourth-order valence-electron chi connectivity index (χ4n) is 3.16. The second kappa shape index (κ2) is 9.04. The first-order chi connectivity index (χ1) is 9.20. The third-order valence-corrected chi connectivity index (χ3v) is 19.9. The fraction of sp³-hybridized carbons (Fsp3) is 0.812. The van der Waals surface area contributed by atoms with Crippen molar-refractivity contribution in [2.24, 2.45) is 0 Å². The molecular formula is C16H32N2Sn. The summed E-state index contributed by atoms with van der Waals surface area (Å²) in [6.45, 7) is 9.24. The molecule has 19 heavy (non-hydrogen) atoms. The van der Waals surface area contributed by atoms with Gasteiger partial charge in [0.15, 0.2) is 0 Å². The van der Waals surface area contributed by atoms with Crippen LogP contribution in [-0.4, -0.2) is 28.6 Å². The maximum absolute atomic E-state index is 4.72. The number of aromatic amines is 1. The van der Waals surface area contributed by atoms with Crippen LogP contribution in [0.4, 0.5) is 0 Å². The summed E-state index contributed by atoms with van der Waals surface area (Å²) < 4.78 is 6.09. The van der Waals surface area contributed by atoms with Gasteiger partial charge in [0.2, 0.25) is 0 Å². The second-order valence-corrected chi connectivity index (χ2v) is 18.9. The number of nitrogens with zero attached hydrogens (tertiary/aromatic N) is 1. The summed E-state index contributed by atoms with van der Waals surface area (Å²) in [5, 5.41) is 7.85. The van der Waals surface area contributed by atoms with Crippen molar-refractivity contribution in [1.29, 1.82) is 0 Å². The van der Waals surface area contributed by atoms with E-state index in [2.05, 4.69) is 39.0 Å². The molecule has 0 aromatic carbocycles. The minimum atomic E-state index is -2.24. The summed E-state index contributed by atoms with van der Waals surface area (Å²) in [6.07, 6.45) is 10.4. The molecule has 0 bridgehead atoms. The van der Waals surface area contributed by atoms with Crippen LogP contribution in [0.1, 0.15) is 64.9 Å². The topological polar surface area (TPSA) is 28.7 Å². The van der Waals surface area contributed by atoms with Gasteiger partial charge in [-0.1, -0.05) is 0 Å². The standard InChI is InChI=1S/C4H5N2.3C4H9.Sn/c1-4-2-5-6-3-4;3*1-3-4-2;/h2H,1H3,(H,5,6);3*1,3-4H2,2H3;. The SMILES string of the molecule is CCC[CH2][Sn]([CH2]CCC)([CH2]CCC)[c]1n[nH]cc1C. The first kappa shape index (κ1) is 17.1. The summed E-state index contributed by atoms with van der Waals surface area (Å²) in [6, 6.07) is 0. The van der Waals surface area contributed by atoms with Gasteiger partial charge in [-0.05, 0) is 0 Å². The maximum atomic E-state index is 4.72. The van der Waals surface area contributed by atoms with Crippen LogP contribution in [0.15, 0.2) is 6.20 Å². The zero-order chi connectivity index (χ0) is 14.1. The molecule has 3 heteroatoms. The number of hydrogen-bond acceptors (Lipinski definition) is 1. The molecule has 0 aliphatic heterocycles. The van der Waals surface area contributed by atoms with Crippen LogP contribution in [-0.2, 0) is 0 Å². The monoisotopic (exact) mass is 372 g/mol. The summed E-state index contributed by atoms with van der Waals surface area (Å²) >= 11 is -2.24. The van der Waals surface area contributed by atoms with Crippen LogP contribution in [0.3, 0.4) is 0 Å². The minimum absolute atomic E-state index is 1.33. The molecule has 1 heterocycles. The van der Waals surface area contributed by atoms with E-state index in [9.17, 15) is 0 Å². The van der Waals surface area contributed by atoms with E-state index in [0.717, 1.165) is 0 Å². The molecule has 0 saturated heterocycles. The van der Waals surface area contributed by atoms with Crippen LogP contribution in [0.5, 0.6) is 0 Å². The van der Waals surface area contributed by atoms with Crippen molar-refractivity contribution < 1.29 is 0 Å². The van der Waals surface area contributed by atoms with Crippen LogP contribution in [0.25, 0.3) is 0 Å². The average Bonchev–Trinajstić information content (AvgIpc) is 2.85. The van der Waals surface area contributed by atoms with Crippen molar-refractivity contribution in [2.45, 2.75) is 79.5 Å². The molecule has 0 aliphatic rings. The van der Waals surface area contributed by atoms with Crippen LogP contribution >= 0.6 is 0 Å². The Morgan fingerprint density at radius 2 is 1.42 bits per heavy atom. The van der Waals surface area contributed by atoms with Gasteiger partial charge >= 0.3 is 124 Å². The van der Waals surface area contributed by atoms with Crippen LogP contribution in [0.2, 0.25) is 13.3 Å². The Hall–Kier alpha value is 0.00870. The van der Waals surface area contributed by atoms with Gasteiger partial charge in [0.25, 0.3) is 0 Å². The van der Waals surface area contributed by atoms with E-state index < -0.39 is 18.4 Å². The summed E-state index contributed by atoms with van der Waals surface area (Å²) in [5.74, 6) is 0. The molecule has 1 N–H and O–H groups in total. The van der Waals surface area contributed by atoms with Crippen molar-refractivity contribution in [1.82, 2.24) is 10.2 Å². The molecule has 0 unspecified atom stereocenters. The number of rotatable bonds is 10. The van der Waals surface area contributed by atoms with E-state index in [-0.39, 0.29) is 0 Å². The number of aryl methyl sites for hydroxylation is 1. The van der Waals surface area contributed by atoms with Crippen LogP contribution < -0.4 is 3.71 Å². The molecule has 0 saturated carbocycles. The Morgan fingerprint density at radius 3 is 1.74 bits per heavy atom. The van der Waals surface area contributed by atoms with E-state index >= 15 is 0 Å². The Labute approximate surface area is 123 Å². The van der Waals surface area contributed by atoms with E-state index in [1.165, 1.54) is 57.4 Å². The zero-order valence-corrected chi connectivity index (χ0v) is 16.2. The predicted molar refractivity (Wildman–Crippen MR) is 87.9 cm³/mol. The zero-order valence-electron chi connectivity index (χ0n) is 13.4. The normalized spacial score (nSPS) is 12.0. The van der Waals surface area contributed by atoms with Gasteiger partial charge in [-0.3, -0.25) is 0 Å². The van der Waals surface area contributed by atoms with Gasteiger partial charge in [-0.2, -0.15) is 0 Å². The molecule has 0 amide bonds. The van der Waals surface area contributed by atoms with Crippen molar-refractivity contribution in [3.05, 3.63) is 11.8 Å². The van der Waals surface area contributed by atoms with Crippen molar-refractivity contribution in [3.63, 3.8) is 0 Å². The first-order valence-electron chi connectivity index (χ1n) is 8.21. The van der Waals surface area contributed by atoms with Crippen molar-refractivity contribution >= 4 is 22.1 Å². The molecule has 0 fully saturated rings. The van der Waals surface area contributed by atoms with Gasteiger partial charge in [-0.25, -0.2) is 0 Å². The average molecular weight is 371 g/mol. The van der Waals surface area contributed by atoms with Gasteiger partial charge in [0, 0.05) is 0 Å². The number of hydrogen-bond donors (Lipinski definition) is 1. The molecule has 0 radical (unpaired) electrons. The number of aromatic nitrogens is 2. The Morgan fingerprint density at radius 1 is 0.947 bits per heavy atom. The number of unbranched alkanes of at least 4 members (excludes halogenated alkanes) is 3. The molecule has 110 valence electrons. The van der Waals surface area contributed by atoms with Gasteiger partial charge in [0.05, 0.1) is 0 Å². The number of nitrogens with one attached hydrogen (secondary N) is 1. The molecule has 1 aromatic heterocycles. The molecule has 0 aliphatic carbocycles. The van der Waals surface area contributed by atoms with E-state index in [1.54, 1.807) is 3.71 Å². The van der Waals surface area contributed by atoms with Crippen molar-refractivity contribution in [2.75, 3.05) is 0 Å². The van der Waals surface area contributed by atoms with Gasteiger partial charge in [0.1, 0.15) is 0 Å². The van der Waals surface area contributed by atoms with Gasteiger partial charge < -0.3 is 0 Å². The van der Waals surface area contributed by atoms with E-state index in [0.29, 0.717) is 0 Å². The second-order valence-electron chi connectivity index (χ2n) is 6.01. The van der Waals surface area contributed by atoms with Crippen LogP contribution in [0, 0.1) is 6.92 Å². The third-order valence-electron chi connectivity index (χ3n) is 4.36. The predicted octanol–water partition coefficient (Wildman–Crippen LogP) is 4.77. The van der Waals surface area contributed by atoms with Gasteiger partial charge in [-0.15, -0.1) is 0 Å². The first-order valence-corrected chi connectivity index (χ1v) is 15.7. The molecule has 1 rings (SSSR count).